The Morgan fingerprint density at radius 1 is 1.33 bits per heavy atom. The number of carbonyl (C=O) groups is 1. The van der Waals surface area contributed by atoms with Gasteiger partial charge in [0.15, 0.2) is 11.2 Å². The van der Waals surface area contributed by atoms with Gasteiger partial charge in [0, 0.05) is 23.4 Å². The second kappa shape index (κ2) is 4.85. The molecule has 2 rings (SSSR count). The van der Waals surface area contributed by atoms with Crippen LogP contribution < -0.4 is 5.43 Å². The number of hydrogen-bond donors (Lipinski definition) is 0. The number of rotatable bonds is 1. The number of thioether (sulfide) groups is 1. The van der Waals surface area contributed by atoms with Crippen LogP contribution in [0, 0.1) is 20.8 Å². The summed E-state index contributed by atoms with van der Waals surface area (Å²) >= 11 is 6.56. The van der Waals surface area contributed by atoms with Gasteiger partial charge in [-0.3, -0.25) is 14.5 Å². The summed E-state index contributed by atoms with van der Waals surface area (Å²) in [6, 6.07) is 0. The summed E-state index contributed by atoms with van der Waals surface area (Å²) in [5.41, 5.74) is 0.755. The van der Waals surface area contributed by atoms with Crippen LogP contribution in [0.5, 0.6) is 0 Å². The van der Waals surface area contributed by atoms with Gasteiger partial charge in [0.25, 0.3) is 5.91 Å². The number of carbonyl (C=O) groups excluding carboxylic acids is 1. The third-order valence-electron chi connectivity index (χ3n) is 3.01. The molecule has 0 radical (unpaired) electrons. The van der Waals surface area contributed by atoms with Crippen molar-refractivity contribution in [2.75, 3.05) is 12.3 Å². The highest BCUT2D eigenvalue weighted by Gasteiger charge is 2.29. The summed E-state index contributed by atoms with van der Waals surface area (Å²) in [7, 11) is 0. The van der Waals surface area contributed by atoms with Crippen LogP contribution in [0.25, 0.3) is 0 Å². The van der Waals surface area contributed by atoms with Gasteiger partial charge in [-0.05, 0) is 20.8 Å². The zero-order valence-electron chi connectivity index (χ0n) is 10.4. The summed E-state index contributed by atoms with van der Waals surface area (Å²) in [6.45, 7) is 5.55. The average Bonchev–Trinajstić information content (AvgIpc) is 2.76. The lowest BCUT2D eigenvalue weighted by molar-refractivity contribution is 0.0825. The van der Waals surface area contributed by atoms with Gasteiger partial charge < -0.3 is 4.42 Å². The van der Waals surface area contributed by atoms with Crippen LogP contribution in [0.1, 0.15) is 27.4 Å². The first-order valence-electron chi connectivity index (χ1n) is 5.53. The molecule has 1 aromatic rings. The Labute approximate surface area is 114 Å². The molecule has 6 heteroatoms. The molecule has 0 atom stereocenters. The molecule has 0 N–H and O–H groups in total. The van der Waals surface area contributed by atoms with Gasteiger partial charge in [0.05, 0.1) is 0 Å². The van der Waals surface area contributed by atoms with Crippen LogP contribution in [0.3, 0.4) is 0 Å². The van der Waals surface area contributed by atoms with Gasteiger partial charge in [0.2, 0.25) is 0 Å². The quantitative estimate of drug-likeness (QED) is 0.738. The maximum atomic E-state index is 12.3. The van der Waals surface area contributed by atoms with Crippen LogP contribution in [-0.4, -0.2) is 27.4 Å². The smallest absolute Gasteiger partial charge is 0.295 e. The third-order valence-corrected chi connectivity index (χ3v) is 4.43. The minimum Gasteiger partial charge on any atom is -0.455 e. The van der Waals surface area contributed by atoms with Gasteiger partial charge >= 0.3 is 0 Å². The minimum atomic E-state index is -0.317. The molecule has 1 aromatic heterocycles. The Morgan fingerprint density at radius 3 is 2.56 bits per heavy atom. The molecule has 0 saturated carbocycles. The Kier molecular flexibility index (Phi) is 3.59. The molecule has 1 aliphatic heterocycles. The van der Waals surface area contributed by atoms with Crippen LogP contribution in [0.2, 0.25) is 0 Å². The van der Waals surface area contributed by atoms with Crippen molar-refractivity contribution in [2.24, 2.45) is 0 Å². The number of hydrogen-bond acceptors (Lipinski definition) is 5. The molecule has 18 heavy (non-hydrogen) atoms. The van der Waals surface area contributed by atoms with Crippen LogP contribution in [0.4, 0.5) is 0 Å². The predicted molar refractivity (Wildman–Crippen MR) is 75.3 cm³/mol. The molecule has 0 aliphatic carbocycles. The number of aryl methyl sites for hydroxylation is 1. The van der Waals surface area contributed by atoms with Crippen molar-refractivity contribution in [2.45, 2.75) is 20.8 Å². The number of amides is 1. The van der Waals surface area contributed by atoms with Crippen molar-refractivity contribution >= 4 is 34.2 Å². The highest BCUT2D eigenvalue weighted by Crippen LogP contribution is 2.21. The van der Waals surface area contributed by atoms with Crippen molar-refractivity contribution < 1.29 is 9.21 Å². The van der Waals surface area contributed by atoms with E-state index >= 15 is 0 Å². The minimum absolute atomic E-state index is 0.105. The maximum Gasteiger partial charge on any atom is 0.295 e. The second-order valence-corrected chi connectivity index (χ2v) is 5.87. The van der Waals surface area contributed by atoms with Gasteiger partial charge in [-0.25, -0.2) is 0 Å². The Balaban J connectivity index is 2.49. The average molecular weight is 283 g/mol. The molecule has 2 heterocycles. The van der Waals surface area contributed by atoms with Crippen molar-refractivity contribution in [1.29, 1.82) is 0 Å². The van der Waals surface area contributed by atoms with E-state index < -0.39 is 0 Å². The lowest BCUT2D eigenvalue weighted by Gasteiger charge is -2.15. The molecule has 0 aromatic carbocycles. The first kappa shape index (κ1) is 13.3. The molecule has 4 nitrogen and oxygen atoms in total. The highest BCUT2D eigenvalue weighted by molar-refractivity contribution is 8.23. The zero-order valence-corrected chi connectivity index (χ0v) is 12.0. The van der Waals surface area contributed by atoms with Crippen molar-refractivity contribution in [1.82, 2.24) is 4.90 Å². The fourth-order valence-electron chi connectivity index (χ4n) is 1.75. The summed E-state index contributed by atoms with van der Waals surface area (Å²) < 4.78 is 6.02. The van der Waals surface area contributed by atoms with E-state index in [1.165, 1.54) is 16.7 Å². The number of thiocarbonyl (C=S) groups is 1. The molecule has 0 spiro atoms. The topological polar surface area (TPSA) is 50.5 Å². The monoisotopic (exact) mass is 283 g/mol. The van der Waals surface area contributed by atoms with E-state index in [4.69, 9.17) is 16.6 Å². The first-order valence-corrected chi connectivity index (χ1v) is 6.92. The highest BCUT2D eigenvalue weighted by atomic mass is 32.2. The SMILES string of the molecule is Cc1oc(C(=O)N2CCSC2=S)c(C)c(=O)c1C. The van der Waals surface area contributed by atoms with Gasteiger partial charge in [-0.2, -0.15) is 0 Å². The maximum absolute atomic E-state index is 12.3. The van der Waals surface area contributed by atoms with E-state index in [9.17, 15) is 9.59 Å². The van der Waals surface area contributed by atoms with Crippen LogP contribution in [0.15, 0.2) is 9.21 Å². The Hall–Kier alpha value is -1.14. The molecule has 1 aliphatic rings. The molecule has 0 unspecified atom stereocenters. The Morgan fingerprint density at radius 2 is 2.00 bits per heavy atom. The predicted octanol–water partition coefficient (Wildman–Crippen LogP) is 2.04. The molecule has 1 amide bonds. The van der Waals surface area contributed by atoms with E-state index in [0.717, 1.165) is 5.75 Å². The standard InChI is InChI=1S/C12H13NO3S2/c1-6-8(3)16-10(7(2)9(6)14)11(15)13-4-5-18-12(13)17/h4-5H2,1-3H3. The molecule has 1 saturated heterocycles. The van der Waals surface area contributed by atoms with E-state index in [1.807, 2.05) is 0 Å². The van der Waals surface area contributed by atoms with Crippen LogP contribution >= 0.6 is 24.0 Å². The van der Waals surface area contributed by atoms with E-state index in [1.54, 1.807) is 20.8 Å². The molecule has 0 bridgehead atoms. The van der Waals surface area contributed by atoms with Crippen molar-refractivity contribution in [3.8, 4) is 0 Å². The number of nitrogens with zero attached hydrogens (tertiary/aromatic N) is 1. The van der Waals surface area contributed by atoms with Gasteiger partial charge in [0.1, 0.15) is 10.1 Å². The van der Waals surface area contributed by atoms with E-state index in [2.05, 4.69) is 0 Å². The summed E-state index contributed by atoms with van der Waals surface area (Å²) in [5, 5.41) is 0. The summed E-state index contributed by atoms with van der Waals surface area (Å²) in [5.74, 6) is 1.06. The summed E-state index contributed by atoms with van der Waals surface area (Å²) in [6.07, 6.45) is 0. The van der Waals surface area contributed by atoms with Crippen LogP contribution in [-0.2, 0) is 0 Å². The van der Waals surface area contributed by atoms with Gasteiger partial charge in [-0.15, -0.1) is 0 Å². The molecule has 1 fully saturated rings. The summed E-state index contributed by atoms with van der Waals surface area (Å²) in [4.78, 5) is 25.7. The van der Waals surface area contributed by atoms with Gasteiger partial charge in [-0.1, -0.05) is 24.0 Å². The Bertz CT molecular complexity index is 592. The van der Waals surface area contributed by atoms with E-state index in [0.29, 0.717) is 27.8 Å². The third kappa shape index (κ3) is 2.10. The van der Waals surface area contributed by atoms with Crippen molar-refractivity contribution in [3.63, 3.8) is 0 Å². The molecule has 96 valence electrons. The fraction of sp³-hybridized carbons (Fsp3) is 0.417. The van der Waals surface area contributed by atoms with E-state index in [-0.39, 0.29) is 17.1 Å². The van der Waals surface area contributed by atoms with Crippen molar-refractivity contribution in [3.05, 3.63) is 32.9 Å². The normalized spacial score (nSPS) is 15.3. The fourth-order valence-corrected chi connectivity index (χ4v) is 2.96. The second-order valence-electron chi connectivity index (χ2n) is 4.14. The molecular formula is C12H13NO3S2. The molecular weight excluding hydrogens is 270 g/mol. The lowest BCUT2D eigenvalue weighted by Crippen LogP contribution is -2.32. The largest absolute Gasteiger partial charge is 0.455 e. The lowest BCUT2D eigenvalue weighted by atomic mass is 10.1. The zero-order chi connectivity index (χ0) is 13.4. The first-order chi connectivity index (χ1) is 8.43.